The van der Waals surface area contributed by atoms with Gasteiger partial charge in [-0.15, -0.1) is 24.0 Å². The summed E-state index contributed by atoms with van der Waals surface area (Å²) in [6.45, 7) is 5.95. The number of pyridine rings is 1. The highest BCUT2D eigenvalue weighted by atomic mass is 127. The maximum absolute atomic E-state index is 5.79. The summed E-state index contributed by atoms with van der Waals surface area (Å²) in [7, 11) is 1.79. The molecule has 2 N–H and O–H groups in total. The number of hydrogen-bond acceptors (Lipinski definition) is 2. The first kappa shape index (κ1) is 21.7. The summed E-state index contributed by atoms with van der Waals surface area (Å²) in [5.74, 6) is 1.24. The first-order chi connectivity index (χ1) is 11.6. The maximum atomic E-state index is 5.79. The predicted octanol–water partition coefficient (Wildman–Crippen LogP) is 4.17. The molecule has 0 aliphatic carbocycles. The van der Waals surface area contributed by atoms with Gasteiger partial charge in [0.05, 0.1) is 0 Å². The number of halogens is 2. The van der Waals surface area contributed by atoms with E-state index in [2.05, 4.69) is 58.7 Å². The molecule has 0 saturated carbocycles. The maximum Gasteiger partial charge on any atom is 0.191 e. The Bertz CT molecular complexity index is 656. The molecule has 2 aromatic rings. The monoisotopic (exact) mass is 472 g/mol. The third kappa shape index (κ3) is 7.61. The zero-order chi connectivity index (χ0) is 17.4. The Morgan fingerprint density at radius 3 is 2.48 bits per heavy atom. The van der Waals surface area contributed by atoms with Crippen molar-refractivity contribution in [3.8, 4) is 0 Å². The van der Waals surface area contributed by atoms with E-state index in [0.29, 0.717) is 11.1 Å². The zero-order valence-corrected chi connectivity index (χ0v) is 18.0. The van der Waals surface area contributed by atoms with Crippen LogP contribution in [0.5, 0.6) is 0 Å². The van der Waals surface area contributed by atoms with Crippen LogP contribution < -0.4 is 10.6 Å². The molecule has 0 saturated heterocycles. The van der Waals surface area contributed by atoms with Crippen LogP contribution in [0, 0.1) is 6.92 Å². The minimum absolute atomic E-state index is 0. The van der Waals surface area contributed by atoms with Gasteiger partial charge in [0.25, 0.3) is 0 Å². The fraction of sp³-hybridized carbons (Fsp3) is 0.368. The molecule has 0 fully saturated rings. The lowest BCUT2D eigenvalue weighted by Gasteiger charge is -2.16. The molecule has 1 unspecified atom stereocenters. The molecule has 1 aromatic carbocycles. The van der Waals surface area contributed by atoms with Crippen molar-refractivity contribution in [2.75, 3.05) is 20.1 Å². The van der Waals surface area contributed by atoms with Gasteiger partial charge < -0.3 is 10.6 Å². The van der Waals surface area contributed by atoms with E-state index in [9.17, 15) is 0 Å². The highest BCUT2D eigenvalue weighted by Gasteiger charge is 2.06. The van der Waals surface area contributed by atoms with E-state index in [4.69, 9.17) is 11.6 Å². The minimum atomic E-state index is 0. The Morgan fingerprint density at radius 2 is 1.88 bits per heavy atom. The summed E-state index contributed by atoms with van der Waals surface area (Å²) in [5, 5.41) is 7.23. The van der Waals surface area contributed by atoms with Crippen LogP contribution in [-0.2, 0) is 6.42 Å². The van der Waals surface area contributed by atoms with Crippen molar-refractivity contribution in [1.82, 2.24) is 15.6 Å². The number of rotatable bonds is 6. The van der Waals surface area contributed by atoms with Crippen molar-refractivity contribution in [3.63, 3.8) is 0 Å². The van der Waals surface area contributed by atoms with Crippen molar-refractivity contribution in [2.45, 2.75) is 26.2 Å². The molecule has 1 atom stereocenters. The van der Waals surface area contributed by atoms with Gasteiger partial charge in [0, 0.05) is 26.3 Å². The number of guanidine groups is 1. The zero-order valence-electron chi connectivity index (χ0n) is 14.9. The molecule has 2 rings (SSSR count). The van der Waals surface area contributed by atoms with Crippen molar-refractivity contribution in [3.05, 3.63) is 64.4 Å². The lowest BCUT2D eigenvalue weighted by molar-refractivity contribution is 0.697. The number of aliphatic imine (C=N–C) groups is 1. The summed E-state index contributed by atoms with van der Waals surface area (Å²) in [4.78, 5) is 8.36. The quantitative estimate of drug-likeness (QED) is 0.287. The third-order valence-corrected chi connectivity index (χ3v) is 4.16. The summed E-state index contributed by atoms with van der Waals surface area (Å²) in [6.07, 6.45) is 2.68. The first-order valence-electron chi connectivity index (χ1n) is 8.20. The molecular weight excluding hydrogens is 447 g/mol. The van der Waals surface area contributed by atoms with Crippen LogP contribution in [0.3, 0.4) is 0 Å². The molecule has 136 valence electrons. The van der Waals surface area contributed by atoms with Gasteiger partial charge in [-0.2, -0.15) is 0 Å². The normalized spacial score (nSPS) is 12.2. The summed E-state index contributed by atoms with van der Waals surface area (Å²) in [5.41, 5.74) is 3.76. The second kappa shape index (κ2) is 11.3. The molecule has 0 radical (unpaired) electrons. The molecule has 0 bridgehead atoms. The second-order valence-electron chi connectivity index (χ2n) is 5.93. The van der Waals surface area contributed by atoms with Gasteiger partial charge in [-0.1, -0.05) is 54.4 Å². The average Bonchev–Trinajstić information content (AvgIpc) is 2.60. The summed E-state index contributed by atoms with van der Waals surface area (Å²) in [6, 6.07) is 12.5. The Kier molecular flexibility index (Phi) is 9.82. The summed E-state index contributed by atoms with van der Waals surface area (Å²) >= 11 is 5.79. The second-order valence-corrected chi connectivity index (χ2v) is 6.32. The number of aromatic nitrogens is 1. The smallest absolute Gasteiger partial charge is 0.191 e. The van der Waals surface area contributed by atoms with E-state index in [1.165, 1.54) is 11.1 Å². The SMILES string of the molecule is CN=C(NCCc1ccc(Cl)nc1)NCC(C)c1ccc(C)cc1.I. The molecule has 1 aromatic heterocycles. The molecule has 25 heavy (non-hydrogen) atoms. The predicted molar refractivity (Wildman–Crippen MR) is 117 cm³/mol. The van der Waals surface area contributed by atoms with Crippen molar-refractivity contribution < 1.29 is 0 Å². The number of nitrogens with one attached hydrogen (secondary N) is 2. The van der Waals surface area contributed by atoms with Gasteiger partial charge >= 0.3 is 0 Å². The van der Waals surface area contributed by atoms with Gasteiger partial charge in [-0.25, -0.2) is 4.98 Å². The van der Waals surface area contributed by atoms with E-state index in [-0.39, 0.29) is 24.0 Å². The van der Waals surface area contributed by atoms with E-state index in [1.54, 1.807) is 13.2 Å². The standard InChI is InChI=1S/C19H25ClN4.HI/c1-14-4-7-17(8-5-14)15(2)12-24-19(21-3)22-11-10-16-6-9-18(20)23-13-16;/h4-9,13,15H,10-12H2,1-3H3,(H2,21,22,24);1H. The van der Waals surface area contributed by atoms with E-state index < -0.39 is 0 Å². The largest absolute Gasteiger partial charge is 0.356 e. The van der Waals surface area contributed by atoms with Crippen molar-refractivity contribution >= 4 is 41.5 Å². The Labute approximate surface area is 172 Å². The van der Waals surface area contributed by atoms with Gasteiger partial charge in [0.2, 0.25) is 0 Å². The first-order valence-corrected chi connectivity index (χ1v) is 8.58. The fourth-order valence-electron chi connectivity index (χ4n) is 2.36. The molecule has 0 aliphatic rings. The lowest BCUT2D eigenvalue weighted by atomic mass is 10.0. The van der Waals surface area contributed by atoms with E-state index in [1.807, 2.05) is 12.1 Å². The van der Waals surface area contributed by atoms with Crippen LogP contribution in [0.1, 0.15) is 29.5 Å². The molecule has 0 aliphatic heterocycles. The third-order valence-electron chi connectivity index (χ3n) is 3.94. The van der Waals surface area contributed by atoms with Crippen LogP contribution in [0.25, 0.3) is 0 Å². The number of nitrogens with zero attached hydrogens (tertiary/aromatic N) is 2. The fourth-order valence-corrected chi connectivity index (χ4v) is 2.47. The summed E-state index contributed by atoms with van der Waals surface area (Å²) < 4.78 is 0. The highest BCUT2D eigenvalue weighted by Crippen LogP contribution is 2.14. The highest BCUT2D eigenvalue weighted by molar-refractivity contribution is 14.0. The van der Waals surface area contributed by atoms with Crippen LogP contribution in [0.2, 0.25) is 5.15 Å². The molecule has 6 heteroatoms. The molecule has 0 spiro atoms. The van der Waals surface area contributed by atoms with Crippen LogP contribution in [-0.4, -0.2) is 31.1 Å². The molecule has 4 nitrogen and oxygen atoms in total. The topological polar surface area (TPSA) is 49.3 Å². The van der Waals surface area contributed by atoms with Gasteiger partial charge in [0.1, 0.15) is 5.15 Å². The Morgan fingerprint density at radius 1 is 1.16 bits per heavy atom. The lowest BCUT2D eigenvalue weighted by Crippen LogP contribution is -2.39. The van der Waals surface area contributed by atoms with Crippen LogP contribution in [0.15, 0.2) is 47.6 Å². The van der Waals surface area contributed by atoms with Gasteiger partial charge in [-0.05, 0) is 36.5 Å². The minimum Gasteiger partial charge on any atom is -0.356 e. The Balaban J connectivity index is 0.00000312. The van der Waals surface area contributed by atoms with Crippen molar-refractivity contribution in [2.24, 2.45) is 4.99 Å². The van der Waals surface area contributed by atoms with E-state index in [0.717, 1.165) is 31.0 Å². The number of hydrogen-bond donors (Lipinski definition) is 2. The molecular formula is C19H26ClIN4. The molecule has 1 heterocycles. The Hall–Kier alpha value is -1.34. The van der Waals surface area contributed by atoms with Gasteiger partial charge in [0.15, 0.2) is 5.96 Å². The molecule has 0 amide bonds. The average molecular weight is 473 g/mol. The van der Waals surface area contributed by atoms with Crippen LogP contribution >= 0.6 is 35.6 Å². The van der Waals surface area contributed by atoms with Crippen molar-refractivity contribution in [1.29, 1.82) is 0 Å². The number of aryl methyl sites for hydroxylation is 1. The van der Waals surface area contributed by atoms with E-state index >= 15 is 0 Å². The number of benzene rings is 1. The van der Waals surface area contributed by atoms with Gasteiger partial charge in [-0.3, -0.25) is 4.99 Å². The van der Waals surface area contributed by atoms with Crippen LogP contribution in [0.4, 0.5) is 0 Å².